The van der Waals surface area contributed by atoms with Crippen LogP contribution in [0, 0.1) is 5.92 Å². The zero-order chi connectivity index (χ0) is 13.2. The molecule has 3 nitrogen and oxygen atoms in total. The maximum Gasteiger partial charge on any atom is 0.223 e. The lowest BCUT2D eigenvalue weighted by Crippen LogP contribution is -2.31. The van der Waals surface area contributed by atoms with Crippen LogP contribution in [0.25, 0.3) is 0 Å². The fourth-order valence-corrected chi connectivity index (χ4v) is 3.26. The number of carbonyl (C=O) groups excluding carboxylic acids is 1. The third kappa shape index (κ3) is 2.81. The molecule has 1 aromatic rings. The second-order valence-electron chi connectivity index (χ2n) is 5.77. The number of nitrogens with zero attached hydrogens (tertiary/aromatic N) is 1. The number of rotatable bonds is 3. The van der Waals surface area contributed by atoms with Crippen molar-refractivity contribution in [2.24, 2.45) is 5.92 Å². The van der Waals surface area contributed by atoms with Gasteiger partial charge in [0.25, 0.3) is 0 Å². The van der Waals surface area contributed by atoms with Crippen molar-refractivity contribution in [3.05, 3.63) is 35.9 Å². The second-order valence-corrected chi connectivity index (χ2v) is 5.77. The Morgan fingerprint density at radius 2 is 2.11 bits per heavy atom. The van der Waals surface area contributed by atoms with Crippen LogP contribution in [0.1, 0.15) is 25.3 Å². The van der Waals surface area contributed by atoms with Crippen molar-refractivity contribution < 1.29 is 9.53 Å². The Balaban J connectivity index is 1.50. The van der Waals surface area contributed by atoms with E-state index in [0.717, 1.165) is 25.9 Å². The fraction of sp³-hybridized carbons (Fsp3) is 0.562. The van der Waals surface area contributed by atoms with Gasteiger partial charge in [-0.1, -0.05) is 30.3 Å². The van der Waals surface area contributed by atoms with Gasteiger partial charge in [-0.2, -0.15) is 0 Å². The smallest absolute Gasteiger partial charge is 0.223 e. The lowest BCUT2D eigenvalue weighted by Gasteiger charge is -2.18. The van der Waals surface area contributed by atoms with Gasteiger partial charge in [-0.3, -0.25) is 4.79 Å². The van der Waals surface area contributed by atoms with E-state index in [1.165, 1.54) is 5.56 Å². The first-order valence-corrected chi connectivity index (χ1v) is 7.19. The molecular formula is C16H21NO2. The van der Waals surface area contributed by atoms with E-state index in [2.05, 4.69) is 19.1 Å². The molecule has 3 atom stereocenters. The average Bonchev–Trinajstić information content (AvgIpc) is 2.94. The Morgan fingerprint density at radius 1 is 1.32 bits per heavy atom. The summed E-state index contributed by atoms with van der Waals surface area (Å²) in [5.41, 5.74) is 1.24. The zero-order valence-electron chi connectivity index (χ0n) is 11.4. The molecular weight excluding hydrogens is 238 g/mol. The highest BCUT2D eigenvalue weighted by atomic mass is 16.5. The van der Waals surface area contributed by atoms with Crippen LogP contribution < -0.4 is 0 Å². The summed E-state index contributed by atoms with van der Waals surface area (Å²) < 4.78 is 5.83. The minimum absolute atomic E-state index is 0.273. The van der Waals surface area contributed by atoms with Gasteiger partial charge in [0.1, 0.15) is 0 Å². The third-order valence-corrected chi connectivity index (χ3v) is 4.25. The summed E-state index contributed by atoms with van der Waals surface area (Å²) >= 11 is 0. The predicted molar refractivity (Wildman–Crippen MR) is 73.8 cm³/mol. The van der Waals surface area contributed by atoms with Crippen molar-refractivity contribution in [1.29, 1.82) is 0 Å². The van der Waals surface area contributed by atoms with E-state index in [1.54, 1.807) is 0 Å². The first-order valence-electron chi connectivity index (χ1n) is 7.19. The molecule has 0 bridgehead atoms. The Kier molecular flexibility index (Phi) is 3.56. The van der Waals surface area contributed by atoms with Gasteiger partial charge in [-0.05, 0) is 25.3 Å². The number of hydrogen-bond donors (Lipinski definition) is 0. The summed E-state index contributed by atoms with van der Waals surface area (Å²) in [6.45, 7) is 3.81. The van der Waals surface area contributed by atoms with Crippen LogP contribution in [-0.4, -0.2) is 36.1 Å². The van der Waals surface area contributed by atoms with E-state index in [0.29, 0.717) is 18.4 Å². The normalized spacial score (nSPS) is 29.5. The first kappa shape index (κ1) is 12.7. The SMILES string of the molecule is C[C@@H]1C[C@H]2CN(C(=O)CCc3ccccc3)C[C@H]2O1. The molecule has 0 unspecified atom stereocenters. The van der Waals surface area contributed by atoms with E-state index in [1.807, 2.05) is 23.1 Å². The van der Waals surface area contributed by atoms with Crippen molar-refractivity contribution in [1.82, 2.24) is 4.90 Å². The average molecular weight is 259 g/mol. The van der Waals surface area contributed by atoms with Gasteiger partial charge in [-0.25, -0.2) is 0 Å². The van der Waals surface area contributed by atoms with Gasteiger partial charge in [0.15, 0.2) is 0 Å². The van der Waals surface area contributed by atoms with Crippen LogP contribution in [0.3, 0.4) is 0 Å². The van der Waals surface area contributed by atoms with E-state index >= 15 is 0 Å². The minimum Gasteiger partial charge on any atom is -0.373 e. The van der Waals surface area contributed by atoms with Gasteiger partial charge in [0.05, 0.1) is 12.2 Å². The number of hydrogen-bond acceptors (Lipinski definition) is 2. The van der Waals surface area contributed by atoms with Crippen LogP contribution in [0.4, 0.5) is 0 Å². The Labute approximate surface area is 114 Å². The number of likely N-dealkylation sites (tertiary alicyclic amines) is 1. The van der Waals surface area contributed by atoms with Gasteiger partial charge in [0.2, 0.25) is 5.91 Å². The highest BCUT2D eigenvalue weighted by molar-refractivity contribution is 5.76. The first-order chi connectivity index (χ1) is 9.22. The lowest BCUT2D eigenvalue weighted by atomic mass is 10.0. The summed E-state index contributed by atoms with van der Waals surface area (Å²) in [4.78, 5) is 14.2. The van der Waals surface area contributed by atoms with Crippen LogP contribution >= 0.6 is 0 Å². The van der Waals surface area contributed by atoms with E-state index in [9.17, 15) is 4.79 Å². The molecule has 0 aromatic heterocycles. The van der Waals surface area contributed by atoms with E-state index < -0.39 is 0 Å². The van der Waals surface area contributed by atoms with Crippen molar-refractivity contribution in [3.63, 3.8) is 0 Å². The molecule has 2 heterocycles. The summed E-state index contributed by atoms with van der Waals surface area (Å²) in [6, 6.07) is 10.2. The van der Waals surface area contributed by atoms with Crippen molar-refractivity contribution in [3.8, 4) is 0 Å². The fourth-order valence-electron chi connectivity index (χ4n) is 3.26. The highest BCUT2D eigenvalue weighted by Crippen LogP contribution is 2.32. The summed E-state index contributed by atoms with van der Waals surface area (Å²) in [5.74, 6) is 0.838. The number of carbonyl (C=O) groups is 1. The quantitative estimate of drug-likeness (QED) is 0.833. The Morgan fingerprint density at radius 3 is 2.84 bits per heavy atom. The molecule has 0 saturated carbocycles. The molecule has 102 valence electrons. The molecule has 0 aliphatic carbocycles. The molecule has 19 heavy (non-hydrogen) atoms. The third-order valence-electron chi connectivity index (χ3n) is 4.25. The summed E-state index contributed by atoms with van der Waals surface area (Å²) in [5, 5.41) is 0. The van der Waals surface area contributed by atoms with Crippen molar-refractivity contribution in [2.45, 2.75) is 38.4 Å². The number of aryl methyl sites for hydroxylation is 1. The van der Waals surface area contributed by atoms with Crippen molar-refractivity contribution >= 4 is 5.91 Å². The number of amides is 1. The molecule has 2 fully saturated rings. The highest BCUT2D eigenvalue weighted by Gasteiger charge is 2.41. The molecule has 0 spiro atoms. The molecule has 2 aliphatic heterocycles. The number of ether oxygens (including phenoxy) is 1. The summed E-state index contributed by atoms with van der Waals surface area (Å²) in [6.07, 6.45) is 3.21. The van der Waals surface area contributed by atoms with E-state index in [-0.39, 0.29) is 12.0 Å². The largest absolute Gasteiger partial charge is 0.373 e. The van der Waals surface area contributed by atoms with Crippen molar-refractivity contribution in [2.75, 3.05) is 13.1 Å². The van der Waals surface area contributed by atoms with Gasteiger partial charge >= 0.3 is 0 Å². The molecule has 3 rings (SSSR count). The molecule has 0 radical (unpaired) electrons. The molecule has 0 N–H and O–H groups in total. The van der Waals surface area contributed by atoms with Gasteiger partial charge in [0, 0.05) is 25.4 Å². The molecule has 2 aliphatic rings. The van der Waals surface area contributed by atoms with Crippen LogP contribution in [0.15, 0.2) is 30.3 Å². The van der Waals surface area contributed by atoms with Gasteiger partial charge in [-0.15, -0.1) is 0 Å². The van der Waals surface area contributed by atoms with Crippen LogP contribution in [0.2, 0.25) is 0 Å². The standard InChI is InChI=1S/C16H21NO2/c1-12-9-14-10-17(11-15(14)19-12)16(18)8-7-13-5-3-2-4-6-13/h2-6,12,14-15H,7-11H2,1H3/t12-,14+,15-/m1/s1. The summed E-state index contributed by atoms with van der Waals surface area (Å²) in [7, 11) is 0. The Hall–Kier alpha value is -1.35. The molecule has 3 heteroatoms. The topological polar surface area (TPSA) is 29.5 Å². The van der Waals surface area contributed by atoms with E-state index in [4.69, 9.17) is 4.74 Å². The maximum atomic E-state index is 12.2. The number of benzene rings is 1. The maximum absolute atomic E-state index is 12.2. The molecule has 1 amide bonds. The number of fused-ring (bicyclic) bond motifs is 1. The molecule has 1 aromatic carbocycles. The monoisotopic (exact) mass is 259 g/mol. The van der Waals surface area contributed by atoms with Crippen LogP contribution in [0.5, 0.6) is 0 Å². The lowest BCUT2D eigenvalue weighted by molar-refractivity contribution is -0.131. The second kappa shape index (κ2) is 5.33. The predicted octanol–water partition coefficient (Wildman–Crippen LogP) is 2.26. The zero-order valence-corrected chi connectivity index (χ0v) is 11.4. The minimum atomic E-state index is 0.273. The Bertz CT molecular complexity index is 431. The van der Waals surface area contributed by atoms with Gasteiger partial charge < -0.3 is 9.64 Å². The molecule has 2 saturated heterocycles. The van der Waals surface area contributed by atoms with Crippen LogP contribution in [-0.2, 0) is 16.0 Å².